The number of hydrogen-bond donors (Lipinski definition) is 2. The van der Waals surface area contributed by atoms with Crippen LogP contribution in [-0.2, 0) is 4.79 Å². The first-order valence-electron chi connectivity index (χ1n) is 4.51. The summed E-state index contributed by atoms with van der Waals surface area (Å²) in [5.74, 6) is -1.39. The van der Waals surface area contributed by atoms with E-state index in [2.05, 4.69) is 5.32 Å². The number of hydrogen-bond acceptors (Lipinski definition) is 2. The molecule has 1 aromatic carbocycles. The van der Waals surface area contributed by atoms with Gasteiger partial charge in [0.1, 0.15) is 0 Å². The van der Waals surface area contributed by atoms with Gasteiger partial charge in [-0.3, -0.25) is 4.79 Å². The summed E-state index contributed by atoms with van der Waals surface area (Å²) in [5, 5.41) is 11.4. The van der Waals surface area contributed by atoms with Crippen LogP contribution in [0.1, 0.15) is 17.3 Å². The maximum absolute atomic E-state index is 11.2. The smallest absolute Gasteiger partial charge is 0.337 e. The molecule has 1 amide bonds. The van der Waals surface area contributed by atoms with Gasteiger partial charge in [-0.25, -0.2) is 4.79 Å². The first kappa shape index (κ1) is 12.3. The molecule has 0 aliphatic rings. The van der Waals surface area contributed by atoms with Crippen molar-refractivity contribution in [2.75, 3.05) is 5.32 Å². The number of halogens is 1. The van der Waals surface area contributed by atoms with E-state index in [4.69, 9.17) is 16.7 Å². The topological polar surface area (TPSA) is 66.4 Å². The maximum Gasteiger partial charge on any atom is 0.337 e. The number of allylic oxidation sites excluding steroid dienone is 1. The lowest BCUT2D eigenvalue weighted by Crippen LogP contribution is -2.08. The minimum absolute atomic E-state index is 0.00528. The van der Waals surface area contributed by atoms with E-state index in [1.807, 2.05) is 0 Å². The van der Waals surface area contributed by atoms with Gasteiger partial charge in [-0.05, 0) is 31.2 Å². The molecule has 0 spiro atoms. The van der Waals surface area contributed by atoms with Gasteiger partial charge in [-0.1, -0.05) is 17.7 Å². The normalized spacial score (nSPS) is 10.4. The van der Waals surface area contributed by atoms with Crippen molar-refractivity contribution < 1.29 is 14.7 Å². The van der Waals surface area contributed by atoms with Crippen LogP contribution < -0.4 is 5.32 Å². The zero-order valence-corrected chi connectivity index (χ0v) is 9.28. The van der Waals surface area contributed by atoms with E-state index < -0.39 is 5.97 Å². The van der Waals surface area contributed by atoms with Gasteiger partial charge in [0.05, 0.1) is 10.6 Å². The lowest BCUT2D eigenvalue weighted by molar-refractivity contribution is -0.111. The number of carbonyl (C=O) groups is 2. The highest BCUT2D eigenvalue weighted by atomic mass is 35.5. The lowest BCUT2D eigenvalue weighted by atomic mass is 10.2. The van der Waals surface area contributed by atoms with E-state index in [1.54, 1.807) is 13.0 Å². The van der Waals surface area contributed by atoms with Crippen LogP contribution in [-0.4, -0.2) is 17.0 Å². The maximum atomic E-state index is 11.2. The summed E-state index contributed by atoms with van der Waals surface area (Å²) < 4.78 is 0. The highest BCUT2D eigenvalue weighted by Crippen LogP contribution is 2.20. The van der Waals surface area contributed by atoms with E-state index in [0.717, 1.165) is 0 Å². The summed E-state index contributed by atoms with van der Waals surface area (Å²) in [4.78, 5) is 21.9. The van der Waals surface area contributed by atoms with Crippen LogP contribution >= 0.6 is 11.6 Å². The quantitative estimate of drug-likeness (QED) is 0.797. The van der Waals surface area contributed by atoms with Crippen molar-refractivity contribution in [1.82, 2.24) is 0 Å². The number of rotatable bonds is 3. The molecule has 0 saturated heterocycles. The molecule has 0 atom stereocenters. The molecule has 4 nitrogen and oxygen atoms in total. The first-order valence-corrected chi connectivity index (χ1v) is 4.89. The standard InChI is InChI=1S/C11H10ClNO3/c1-2-3-10(14)13-7-4-5-8(11(15)16)9(12)6-7/h2-6H,1H3,(H,13,14)(H,15,16). The second-order valence-electron chi connectivity index (χ2n) is 2.99. The summed E-state index contributed by atoms with van der Waals surface area (Å²) in [6.45, 7) is 1.72. The van der Waals surface area contributed by atoms with Crippen LogP contribution in [0, 0.1) is 0 Å². The molecule has 1 aromatic rings. The van der Waals surface area contributed by atoms with E-state index >= 15 is 0 Å². The molecular weight excluding hydrogens is 230 g/mol. The number of carbonyl (C=O) groups excluding carboxylic acids is 1. The Hall–Kier alpha value is -1.81. The zero-order chi connectivity index (χ0) is 12.1. The number of benzene rings is 1. The van der Waals surface area contributed by atoms with Gasteiger partial charge in [-0.2, -0.15) is 0 Å². The Bertz CT molecular complexity index is 455. The minimum atomic E-state index is -1.10. The van der Waals surface area contributed by atoms with Crippen molar-refractivity contribution in [3.05, 3.63) is 40.9 Å². The second-order valence-corrected chi connectivity index (χ2v) is 3.40. The van der Waals surface area contributed by atoms with E-state index in [0.29, 0.717) is 5.69 Å². The van der Waals surface area contributed by atoms with Crippen LogP contribution in [0.25, 0.3) is 0 Å². The highest BCUT2D eigenvalue weighted by molar-refractivity contribution is 6.33. The largest absolute Gasteiger partial charge is 0.478 e. The van der Waals surface area contributed by atoms with Crippen LogP contribution in [0.2, 0.25) is 5.02 Å². The van der Waals surface area contributed by atoms with E-state index in [-0.39, 0.29) is 16.5 Å². The average molecular weight is 240 g/mol. The molecule has 0 bridgehead atoms. The molecule has 0 saturated carbocycles. The Labute approximate surface area is 97.5 Å². The predicted molar refractivity (Wildman–Crippen MR) is 61.9 cm³/mol. The van der Waals surface area contributed by atoms with Crippen molar-refractivity contribution in [1.29, 1.82) is 0 Å². The Morgan fingerprint density at radius 1 is 1.44 bits per heavy atom. The fourth-order valence-electron chi connectivity index (χ4n) is 1.10. The Kier molecular flexibility index (Phi) is 4.08. The van der Waals surface area contributed by atoms with Gasteiger partial charge >= 0.3 is 5.97 Å². The Balaban J connectivity index is 2.89. The Morgan fingerprint density at radius 3 is 2.62 bits per heavy atom. The van der Waals surface area contributed by atoms with Crippen molar-refractivity contribution in [3.63, 3.8) is 0 Å². The molecule has 0 aliphatic heterocycles. The molecule has 0 heterocycles. The lowest BCUT2D eigenvalue weighted by Gasteiger charge is -2.04. The van der Waals surface area contributed by atoms with Crippen molar-refractivity contribution in [2.24, 2.45) is 0 Å². The predicted octanol–water partition coefficient (Wildman–Crippen LogP) is 2.55. The fourth-order valence-corrected chi connectivity index (χ4v) is 1.36. The molecular formula is C11H10ClNO3. The van der Waals surface area contributed by atoms with Crippen LogP contribution in [0.15, 0.2) is 30.4 Å². The minimum Gasteiger partial charge on any atom is -0.478 e. The SMILES string of the molecule is CC=CC(=O)Nc1ccc(C(=O)O)c(Cl)c1. The second kappa shape index (κ2) is 5.32. The van der Waals surface area contributed by atoms with Crippen molar-refractivity contribution >= 4 is 29.2 Å². The third kappa shape index (κ3) is 3.10. The number of nitrogens with one attached hydrogen (secondary N) is 1. The summed E-state index contributed by atoms with van der Waals surface area (Å²) in [6, 6.07) is 4.22. The molecule has 0 unspecified atom stereocenters. The van der Waals surface area contributed by atoms with Gasteiger partial charge in [0.2, 0.25) is 5.91 Å². The third-order valence-electron chi connectivity index (χ3n) is 1.79. The highest BCUT2D eigenvalue weighted by Gasteiger charge is 2.09. The number of carboxylic acids is 1. The molecule has 2 N–H and O–H groups in total. The van der Waals surface area contributed by atoms with Crippen LogP contribution in [0.4, 0.5) is 5.69 Å². The number of anilines is 1. The summed E-state index contributed by atoms with van der Waals surface area (Å²) in [6.07, 6.45) is 2.96. The summed E-state index contributed by atoms with van der Waals surface area (Å²) in [7, 11) is 0. The number of carboxylic acid groups (broad SMARTS) is 1. The van der Waals surface area contributed by atoms with Gasteiger partial charge in [0.15, 0.2) is 0 Å². The zero-order valence-electron chi connectivity index (χ0n) is 8.53. The van der Waals surface area contributed by atoms with Crippen LogP contribution in [0.5, 0.6) is 0 Å². The first-order chi connectivity index (χ1) is 7.54. The molecule has 0 fully saturated rings. The third-order valence-corrected chi connectivity index (χ3v) is 2.10. The van der Waals surface area contributed by atoms with Gasteiger partial charge in [-0.15, -0.1) is 0 Å². The van der Waals surface area contributed by atoms with Gasteiger partial charge in [0, 0.05) is 5.69 Å². The monoisotopic (exact) mass is 239 g/mol. The average Bonchev–Trinajstić information content (AvgIpc) is 2.17. The molecule has 0 radical (unpaired) electrons. The summed E-state index contributed by atoms with van der Waals surface area (Å²) in [5.41, 5.74) is 0.462. The van der Waals surface area contributed by atoms with Crippen LogP contribution in [0.3, 0.4) is 0 Å². The van der Waals surface area contributed by atoms with Crippen molar-refractivity contribution in [3.8, 4) is 0 Å². The van der Waals surface area contributed by atoms with E-state index in [9.17, 15) is 9.59 Å². The molecule has 0 aromatic heterocycles. The number of amides is 1. The molecule has 0 aliphatic carbocycles. The van der Waals surface area contributed by atoms with Gasteiger partial charge in [0.25, 0.3) is 0 Å². The molecule has 5 heteroatoms. The van der Waals surface area contributed by atoms with E-state index in [1.165, 1.54) is 24.3 Å². The Morgan fingerprint density at radius 2 is 2.12 bits per heavy atom. The molecule has 1 rings (SSSR count). The fraction of sp³-hybridized carbons (Fsp3) is 0.0909. The van der Waals surface area contributed by atoms with Gasteiger partial charge < -0.3 is 10.4 Å². The molecule has 84 valence electrons. The summed E-state index contributed by atoms with van der Waals surface area (Å²) >= 11 is 5.73. The number of aromatic carboxylic acids is 1. The molecule has 16 heavy (non-hydrogen) atoms. The van der Waals surface area contributed by atoms with Crippen molar-refractivity contribution in [2.45, 2.75) is 6.92 Å².